The number of aromatic amines is 1. The summed E-state index contributed by atoms with van der Waals surface area (Å²) >= 11 is 0. The number of Topliss-reactive ketones (excluding diaryl/α,β-unsaturated/α-hetero) is 1. The first kappa shape index (κ1) is 10.6. The van der Waals surface area contributed by atoms with Crippen molar-refractivity contribution in [3.05, 3.63) is 41.9 Å². The monoisotopic (exact) mass is 214 g/mol. The number of rotatable bonds is 3. The van der Waals surface area contributed by atoms with Crippen molar-refractivity contribution in [2.75, 3.05) is 0 Å². The van der Waals surface area contributed by atoms with Crippen LogP contribution < -0.4 is 0 Å². The summed E-state index contributed by atoms with van der Waals surface area (Å²) in [6, 6.07) is 8.25. The van der Waals surface area contributed by atoms with Crippen LogP contribution in [0.2, 0.25) is 0 Å². The molecule has 3 nitrogen and oxygen atoms in total. The number of hydrogen-bond acceptors (Lipinski definition) is 2. The van der Waals surface area contributed by atoms with Crippen LogP contribution in [0.3, 0.4) is 0 Å². The van der Waals surface area contributed by atoms with E-state index in [1.165, 1.54) is 12.5 Å². The SMILES string of the molecule is CCc1ccc(-c2cnc(C(C)=O)[nH]2)cc1. The van der Waals surface area contributed by atoms with Gasteiger partial charge >= 0.3 is 0 Å². The number of nitrogens with one attached hydrogen (secondary N) is 1. The highest BCUT2D eigenvalue weighted by atomic mass is 16.1. The second kappa shape index (κ2) is 4.31. The summed E-state index contributed by atoms with van der Waals surface area (Å²) in [5.74, 6) is 0.367. The Bertz CT molecular complexity index is 497. The maximum Gasteiger partial charge on any atom is 0.194 e. The topological polar surface area (TPSA) is 45.8 Å². The highest BCUT2D eigenvalue weighted by Gasteiger charge is 2.06. The van der Waals surface area contributed by atoms with Crippen LogP contribution >= 0.6 is 0 Å². The second-order valence-electron chi connectivity index (χ2n) is 3.75. The Morgan fingerprint density at radius 3 is 2.50 bits per heavy atom. The van der Waals surface area contributed by atoms with Crippen LogP contribution in [0.5, 0.6) is 0 Å². The third-order valence-corrected chi connectivity index (χ3v) is 2.58. The Morgan fingerprint density at radius 1 is 1.31 bits per heavy atom. The fraction of sp³-hybridized carbons (Fsp3) is 0.231. The van der Waals surface area contributed by atoms with Crippen LogP contribution in [0.1, 0.15) is 30.0 Å². The van der Waals surface area contributed by atoms with Crippen molar-refractivity contribution in [1.29, 1.82) is 0 Å². The van der Waals surface area contributed by atoms with Crippen molar-refractivity contribution in [2.45, 2.75) is 20.3 Å². The lowest BCUT2D eigenvalue weighted by molar-refractivity contribution is 0.100. The van der Waals surface area contributed by atoms with E-state index in [1.807, 2.05) is 12.1 Å². The molecule has 1 N–H and O–H groups in total. The molecule has 0 aliphatic rings. The molecular formula is C13H14N2O. The molecule has 82 valence electrons. The smallest absolute Gasteiger partial charge is 0.194 e. The van der Waals surface area contributed by atoms with Crippen molar-refractivity contribution < 1.29 is 4.79 Å². The van der Waals surface area contributed by atoms with Gasteiger partial charge in [0, 0.05) is 6.92 Å². The van der Waals surface area contributed by atoms with Crippen LogP contribution in [-0.4, -0.2) is 15.8 Å². The summed E-state index contributed by atoms with van der Waals surface area (Å²) in [7, 11) is 0. The van der Waals surface area contributed by atoms with Crippen molar-refractivity contribution in [1.82, 2.24) is 9.97 Å². The first-order chi connectivity index (χ1) is 7.70. The van der Waals surface area contributed by atoms with Crippen molar-refractivity contribution >= 4 is 5.78 Å². The van der Waals surface area contributed by atoms with E-state index in [1.54, 1.807) is 6.20 Å². The lowest BCUT2D eigenvalue weighted by Gasteiger charge is -1.99. The third-order valence-electron chi connectivity index (χ3n) is 2.58. The molecule has 0 amide bonds. The summed E-state index contributed by atoms with van der Waals surface area (Å²) in [6.45, 7) is 3.63. The van der Waals surface area contributed by atoms with Crippen LogP contribution in [-0.2, 0) is 6.42 Å². The van der Waals surface area contributed by atoms with E-state index in [-0.39, 0.29) is 5.78 Å². The molecule has 0 bridgehead atoms. The van der Waals surface area contributed by atoms with Gasteiger partial charge in [-0.3, -0.25) is 4.79 Å². The zero-order chi connectivity index (χ0) is 11.5. The van der Waals surface area contributed by atoms with Crippen LogP contribution in [0.15, 0.2) is 30.5 Å². The second-order valence-corrected chi connectivity index (χ2v) is 3.75. The lowest BCUT2D eigenvalue weighted by Crippen LogP contribution is -1.93. The third kappa shape index (κ3) is 2.03. The van der Waals surface area contributed by atoms with E-state index < -0.39 is 0 Å². The molecule has 3 heteroatoms. The number of benzene rings is 1. The molecule has 0 aliphatic carbocycles. The molecule has 2 aromatic rings. The number of H-pyrrole nitrogens is 1. The van der Waals surface area contributed by atoms with E-state index in [0.29, 0.717) is 5.82 Å². The van der Waals surface area contributed by atoms with Gasteiger partial charge in [-0.25, -0.2) is 4.98 Å². The van der Waals surface area contributed by atoms with Crippen LogP contribution in [0.25, 0.3) is 11.3 Å². The fourth-order valence-corrected chi connectivity index (χ4v) is 1.57. The number of aryl methyl sites for hydroxylation is 1. The van der Waals surface area contributed by atoms with Gasteiger partial charge in [0.05, 0.1) is 11.9 Å². The molecule has 1 heterocycles. The highest BCUT2D eigenvalue weighted by Crippen LogP contribution is 2.17. The Labute approximate surface area is 94.5 Å². The number of imidazole rings is 1. The maximum atomic E-state index is 11.1. The standard InChI is InChI=1S/C13H14N2O/c1-3-10-4-6-11(7-5-10)12-8-14-13(15-12)9(2)16/h4-8H,3H2,1-2H3,(H,14,15). The number of nitrogens with zero attached hydrogens (tertiary/aromatic N) is 1. The van der Waals surface area contributed by atoms with Gasteiger partial charge < -0.3 is 4.98 Å². The van der Waals surface area contributed by atoms with Crippen LogP contribution in [0.4, 0.5) is 0 Å². The number of carbonyl (C=O) groups is 1. The lowest BCUT2D eigenvalue weighted by atomic mass is 10.1. The molecule has 1 aromatic carbocycles. The molecule has 0 fully saturated rings. The van der Waals surface area contributed by atoms with E-state index >= 15 is 0 Å². The molecule has 16 heavy (non-hydrogen) atoms. The number of ketones is 1. The van der Waals surface area contributed by atoms with Crippen molar-refractivity contribution in [2.24, 2.45) is 0 Å². The predicted molar refractivity (Wildman–Crippen MR) is 63.4 cm³/mol. The van der Waals surface area contributed by atoms with Gasteiger partial charge in [0.1, 0.15) is 0 Å². The van der Waals surface area contributed by atoms with Gasteiger partial charge in [-0.05, 0) is 17.5 Å². The molecule has 0 radical (unpaired) electrons. The van der Waals surface area contributed by atoms with Gasteiger partial charge in [0.15, 0.2) is 11.6 Å². The highest BCUT2D eigenvalue weighted by molar-refractivity contribution is 5.91. The summed E-state index contributed by atoms with van der Waals surface area (Å²) in [4.78, 5) is 18.1. The Hall–Kier alpha value is -1.90. The van der Waals surface area contributed by atoms with E-state index in [2.05, 4.69) is 29.0 Å². The molecule has 1 aromatic heterocycles. The van der Waals surface area contributed by atoms with Gasteiger partial charge in [-0.15, -0.1) is 0 Å². The Morgan fingerprint density at radius 2 is 2.00 bits per heavy atom. The Balaban J connectivity index is 2.31. The van der Waals surface area contributed by atoms with Crippen molar-refractivity contribution in [3.63, 3.8) is 0 Å². The molecule has 0 saturated carbocycles. The summed E-state index contributed by atoms with van der Waals surface area (Å²) in [6.07, 6.45) is 2.72. The van der Waals surface area contributed by atoms with Gasteiger partial charge in [0.25, 0.3) is 0 Å². The quantitative estimate of drug-likeness (QED) is 0.798. The normalized spacial score (nSPS) is 10.4. The summed E-state index contributed by atoms with van der Waals surface area (Å²) in [5, 5.41) is 0. The molecule has 0 saturated heterocycles. The molecule has 0 aliphatic heterocycles. The largest absolute Gasteiger partial charge is 0.336 e. The van der Waals surface area contributed by atoms with E-state index in [9.17, 15) is 4.79 Å². The minimum absolute atomic E-state index is 0.0450. The average molecular weight is 214 g/mol. The first-order valence-corrected chi connectivity index (χ1v) is 5.36. The Kier molecular flexibility index (Phi) is 2.86. The molecule has 0 unspecified atom stereocenters. The van der Waals surface area contributed by atoms with Gasteiger partial charge in [-0.2, -0.15) is 0 Å². The zero-order valence-electron chi connectivity index (χ0n) is 9.45. The fourth-order valence-electron chi connectivity index (χ4n) is 1.57. The first-order valence-electron chi connectivity index (χ1n) is 5.36. The summed E-state index contributed by atoms with van der Waals surface area (Å²) in [5.41, 5.74) is 3.24. The molecule has 0 atom stereocenters. The van der Waals surface area contributed by atoms with Gasteiger partial charge in [0.2, 0.25) is 0 Å². The van der Waals surface area contributed by atoms with E-state index in [0.717, 1.165) is 17.7 Å². The molecular weight excluding hydrogens is 200 g/mol. The number of carbonyl (C=O) groups excluding carboxylic acids is 1. The zero-order valence-corrected chi connectivity index (χ0v) is 9.45. The minimum Gasteiger partial charge on any atom is -0.336 e. The minimum atomic E-state index is -0.0450. The average Bonchev–Trinajstić information content (AvgIpc) is 2.78. The number of hydrogen-bond donors (Lipinski definition) is 1. The van der Waals surface area contributed by atoms with Crippen molar-refractivity contribution in [3.8, 4) is 11.3 Å². The number of aromatic nitrogens is 2. The van der Waals surface area contributed by atoms with E-state index in [4.69, 9.17) is 0 Å². The van der Waals surface area contributed by atoms with Gasteiger partial charge in [-0.1, -0.05) is 31.2 Å². The molecule has 0 spiro atoms. The molecule has 2 rings (SSSR count). The van der Waals surface area contributed by atoms with Crippen LogP contribution in [0, 0.1) is 0 Å². The maximum absolute atomic E-state index is 11.1. The summed E-state index contributed by atoms with van der Waals surface area (Å²) < 4.78 is 0. The predicted octanol–water partition coefficient (Wildman–Crippen LogP) is 2.84.